The van der Waals surface area contributed by atoms with Crippen LogP contribution in [-0.2, 0) is 11.0 Å². The van der Waals surface area contributed by atoms with E-state index in [9.17, 15) is 18.0 Å². The molecule has 1 heterocycles. The summed E-state index contributed by atoms with van der Waals surface area (Å²) in [5, 5.41) is 13.6. The van der Waals surface area contributed by atoms with Crippen molar-refractivity contribution in [1.82, 2.24) is 15.2 Å². The van der Waals surface area contributed by atoms with Gasteiger partial charge in [-0.2, -0.15) is 23.3 Å². The molecule has 0 saturated carbocycles. The maximum Gasteiger partial charge on any atom is 0.416 e. The molecule has 0 radical (unpaired) electrons. The highest BCUT2D eigenvalue weighted by atomic mass is 32.2. The van der Waals surface area contributed by atoms with E-state index < -0.39 is 17.6 Å². The number of thioether (sulfide) groups is 1. The van der Waals surface area contributed by atoms with Crippen LogP contribution in [0, 0.1) is 0 Å². The highest BCUT2D eigenvalue weighted by Crippen LogP contribution is 2.30. The summed E-state index contributed by atoms with van der Waals surface area (Å²) in [4.78, 5) is 16.2. The molecule has 12 heteroatoms. The van der Waals surface area contributed by atoms with Crippen LogP contribution in [0.3, 0.4) is 0 Å². The van der Waals surface area contributed by atoms with Crippen LogP contribution in [0.25, 0.3) is 0 Å². The lowest BCUT2D eigenvalue weighted by molar-refractivity contribution is -0.137. The Morgan fingerprint density at radius 1 is 1.22 bits per heavy atom. The summed E-state index contributed by atoms with van der Waals surface area (Å²) in [6.45, 7) is 1.81. The summed E-state index contributed by atoms with van der Waals surface area (Å²) >= 11 is 1.02. The zero-order valence-corrected chi connectivity index (χ0v) is 17.8. The number of aromatic nitrogens is 3. The van der Waals surface area contributed by atoms with Gasteiger partial charge in [0.2, 0.25) is 17.0 Å². The van der Waals surface area contributed by atoms with E-state index in [1.165, 1.54) is 12.1 Å². The maximum atomic E-state index is 12.8. The van der Waals surface area contributed by atoms with E-state index in [-0.39, 0.29) is 22.5 Å². The van der Waals surface area contributed by atoms with Gasteiger partial charge in [0.1, 0.15) is 5.75 Å². The van der Waals surface area contributed by atoms with E-state index in [1.54, 1.807) is 7.11 Å². The number of halogens is 3. The van der Waals surface area contributed by atoms with E-state index in [4.69, 9.17) is 4.74 Å². The summed E-state index contributed by atoms with van der Waals surface area (Å²) in [7, 11) is 1.58. The predicted molar refractivity (Wildman–Crippen MR) is 116 cm³/mol. The fourth-order valence-electron chi connectivity index (χ4n) is 2.51. The molecule has 0 fully saturated rings. The van der Waals surface area contributed by atoms with Crippen molar-refractivity contribution in [3.63, 3.8) is 0 Å². The minimum absolute atomic E-state index is 0.0603. The van der Waals surface area contributed by atoms with E-state index in [2.05, 4.69) is 31.0 Å². The zero-order chi connectivity index (χ0) is 23.1. The number of hydrogen-bond donors (Lipinski definition) is 3. The molecule has 0 atom stereocenters. The number of amides is 1. The van der Waals surface area contributed by atoms with E-state index in [1.807, 2.05) is 31.2 Å². The molecular weight excluding hydrogens is 445 g/mol. The molecule has 1 aromatic heterocycles. The summed E-state index contributed by atoms with van der Waals surface area (Å²) < 4.78 is 43.5. The number of carbonyl (C=O) groups is 1. The monoisotopic (exact) mass is 464 g/mol. The van der Waals surface area contributed by atoms with Crippen LogP contribution in [-0.4, -0.2) is 39.7 Å². The van der Waals surface area contributed by atoms with Gasteiger partial charge in [0.15, 0.2) is 0 Å². The number of nitrogens with one attached hydrogen (secondary N) is 3. The lowest BCUT2D eigenvalue weighted by Crippen LogP contribution is -2.15. The highest BCUT2D eigenvalue weighted by Gasteiger charge is 2.30. The third-order valence-corrected chi connectivity index (χ3v) is 4.94. The van der Waals surface area contributed by atoms with Gasteiger partial charge in [0, 0.05) is 11.3 Å². The average molecular weight is 464 g/mol. The number of benzene rings is 2. The van der Waals surface area contributed by atoms with Gasteiger partial charge >= 0.3 is 6.18 Å². The smallest absolute Gasteiger partial charge is 0.416 e. The van der Waals surface area contributed by atoms with Gasteiger partial charge in [-0.05, 0) is 37.3 Å². The average Bonchev–Trinajstić information content (AvgIpc) is 3.23. The molecule has 0 aliphatic carbocycles. The topological polar surface area (TPSA) is 104 Å². The molecule has 0 saturated heterocycles. The molecule has 3 N–H and O–H groups in total. The molecule has 2 aromatic carbocycles. The molecule has 3 rings (SSSR count). The van der Waals surface area contributed by atoms with E-state index in [0.717, 1.165) is 29.5 Å². The minimum atomic E-state index is -4.48. The molecule has 1 amide bonds. The van der Waals surface area contributed by atoms with Crippen molar-refractivity contribution < 1.29 is 22.7 Å². The van der Waals surface area contributed by atoms with Crippen LogP contribution in [0.4, 0.5) is 24.8 Å². The van der Waals surface area contributed by atoms with Crippen molar-refractivity contribution in [2.24, 2.45) is 5.10 Å². The maximum absolute atomic E-state index is 12.8. The molecule has 32 heavy (non-hydrogen) atoms. The second-order valence-corrected chi connectivity index (χ2v) is 7.37. The lowest BCUT2D eigenvalue weighted by Gasteiger charge is -2.09. The predicted octanol–water partition coefficient (Wildman–Crippen LogP) is 4.40. The second kappa shape index (κ2) is 10.2. The quantitative estimate of drug-likeness (QED) is 0.259. The number of methoxy groups -OCH3 is 1. The van der Waals surface area contributed by atoms with Crippen molar-refractivity contribution in [3.8, 4) is 5.75 Å². The molecular formula is C20H19F3N6O2S. The number of aromatic amines is 1. The Morgan fingerprint density at radius 3 is 2.75 bits per heavy atom. The standard InChI is InChI=1S/C20H19F3N6O2S/c1-12(13-5-3-8-16(9-13)31-2)26-27-18-25-19(29-28-18)32-11-17(30)24-15-7-4-6-14(10-15)20(21,22)23/h3-10H,11H2,1-2H3,(H,24,30)(H2,25,27,28,29)/b26-12-. The number of hydrazone groups is 1. The first-order valence-electron chi connectivity index (χ1n) is 9.21. The molecule has 0 aliphatic heterocycles. The number of ether oxygens (including phenoxy) is 1. The largest absolute Gasteiger partial charge is 0.497 e. The van der Waals surface area contributed by atoms with Crippen LogP contribution >= 0.6 is 11.8 Å². The van der Waals surface area contributed by atoms with Crippen molar-refractivity contribution in [1.29, 1.82) is 0 Å². The number of carbonyl (C=O) groups excluding carboxylic acids is 1. The minimum Gasteiger partial charge on any atom is -0.497 e. The van der Waals surface area contributed by atoms with Crippen LogP contribution < -0.4 is 15.5 Å². The molecule has 0 aliphatic rings. The molecule has 0 spiro atoms. The van der Waals surface area contributed by atoms with Crippen molar-refractivity contribution >= 4 is 35.0 Å². The van der Waals surface area contributed by atoms with Gasteiger partial charge in [0.05, 0.1) is 24.1 Å². The first kappa shape index (κ1) is 23.1. The highest BCUT2D eigenvalue weighted by molar-refractivity contribution is 7.99. The number of nitrogens with zero attached hydrogens (tertiary/aromatic N) is 3. The zero-order valence-electron chi connectivity index (χ0n) is 17.0. The van der Waals surface area contributed by atoms with E-state index in [0.29, 0.717) is 11.5 Å². The number of hydrogen-bond acceptors (Lipinski definition) is 7. The first-order valence-corrected chi connectivity index (χ1v) is 10.2. The summed E-state index contributed by atoms with van der Waals surface area (Å²) in [6.07, 6.45) is -4.48. The van der Waals surface area contributed by atoms with Crippen molar-refractivity contribution in [3.05, 3.63) is 59.7 Å². The van der Waals surface area contributed by atoms with Crippen LogP contribution in [0.1, 0.15) is 18.1 Å². The van der Waals surface area contributed by atoms with Gasteiger partial charge < -0.3 is 10.1 Å². The van der Waals surface area contributed by atoms with Gasteiger partial charge in [-0.15, -0.1) is 5.10 Å². The van der Waals surface area contributed by atoms with Gasteiger partial charge in [-0.1, -0.05) is 30.0 Å². The van der Waals surface area contributed by atoms with Crippen LogP contribution in [0.2, 0.25) is 0 Å². The number of H-pyrrole nitrogens is 1. The second-order valence-electron chi connectivity index (χ2n) is 6.42. The Hall–Kier alpha value is -3.54. The van der Waals surface area contributed by atoms with Crippen molar-refractivity contribution in [2.45, 2.75) is 18.3 Å². The Bertz CT molecular complexity index is 1120. The summed E-state index contributed by atoms with van der Waals surface area (Å²) in [5.74, 6) is 0.409. The molecule has 168 valence electrons. The summed E-state index contributed by atoms with van der Waals surface area (Å²) in [5.41, 5.74) is 3.52. The Morgan fingerprint density at radius 2 is 2.00 bits per heavy atom. The number of alkyl halides is 3. The Labute approximate surface area is 185 Å². The first-order chi connectivity index (χ1) is 15.2. The van der Waals surface area contributed by atoms with E-state index >= 15 is 0 Å². The SMILES string of the molecule is COc1cccc(/C(C)=N\Nc2nc(SCC(=O)Nc3cccc(C(F)(F)F)c3)n[nH]2)c1. The third kappa shape index (κ3) is 6.48. The van der Waals surface area contributed by atoms with Crippen molar-refractivity contribution in [2.75, 3.05) is 23.6 Å². The molecule has 0 unspecified atom stereocenters. The molecule has 3 aromatic rings. The molecule has 8 nitrogen and oxygen atoms in total. The fraction of sp³-hybridized carbons (Fsp3) is 0.200. The van der Waals surface area contributed by atoms with Crippen LogP contribution in [0.5, 0.6) is 5.75 Å². The lowest BCUT2D eigenvalue weighted by atomic mass is 10.1. The normalized spacial score (nSPS) is 11.8. The third-order valence-electron chi connectivity index (χ3n) is 4.09. The fourth-order valence-corrected chi connectivity index (χ4v) is 3.11. The van der Waals surface area contributed by atoms with Gasteiger partial charge in [0.25, 0.3) is 0 Å². The molecule has 0 bridgehead atoms. The van der Waals surface area contributed by atoms with Crippen LogP contribution in [0.15, 0.2) is 58.8 Å². The summed E-state index contributed by atoms with van der Waals surface area (Å²) in [6, 6.07) is 11.8. The Kier molecular flexibility index (Phi) is 7.36. The number of anilines is 2. The van der Waals surface area contributed by atoms with Gasteiger partial charge in [-0.3, -0.25) is 4.79 Å². The number of rotatable bonds is 8. The van der Waals surface area contributed by atoms with Gasteiger partial charge in [-0.25, -0.2) is 10.5 Å². The Balaban J connectivity index is 1.52.